The highest BCUT2D eigenvalue weighted by molar-refractivity contribution is 5.87. The van der Waals surface area contributed by atoms with Crippen molar-refractivity contribution in [1.82, 2.24) is 9.47 Å². The largest absolute Gasteiger partial charge is 0.478 e. The zero-order chi connectivity index (χ0) is 13.9. The first-order valence-corrected chi connectivity index (χ1v) is 5.52. The van der Waals surface area contributed by atoms with Crippen LogP contribution in [0.25, 0.3) is 0 Å². The molecule has 0 aliphatic heterocycles. The van der Waals surface area contributed by atoms with Crippen molar-refractivity contribution >= 4 is 11.9 Å². The maximum Gasteiger partial charge on any atom is 0.337 e. The van der Waals surface area contributed by atoms with Gasteiger partial charge in [0.05, 0.1) is 5.56 Å². The molecule has 1 heterocycles. The standard InChI is InChI=1S/C12H16N2O4/c1-8(2)13(3)11(16)7-14-6-9(12(17)18)4-5-10(14)15/h4-6,8H,7H2,1-3H3,(H,17,18). The minimum atomic E-state index is -1.13. The van der Waals surface area contributed by atoms with Gasteiger partial charge in [-0.3, -0.25) is 9.59 Å². The van der Waals surface area contributed by atoms with Gasteiger partial charge >= 0.3 is 5.97 Å². The third-order valence-electron chi connectivity index (χ3n) is 2.70. The van der Waals surface area contributed by atoms with E-state index in [0.29, 0.717) is 0 Å². The number of aromatic nitrogens is 1. The molecule has 1 rings (SSSR count). The van der Waals surface area contributed by atoms with E-state index in [1.165, 1.54) is 17.2 Å². The number of nitrogens with zero attached hydrogens (tertiary/aromatic N) is 2. The zero-order valence-electron chi connectivity index (χ0n) is 10.6. The molecule has 1 aromatic rings. The minimum absolute atomic E-state index is 0.0189. The van der Waals surface area contributed by atoms with Gasteiger partial charge in [-0.05, 0) is 19.9 Å². The van der Waals surface area contributed by atoms with Gasteiger partial charge in [0.15, 0.2) is 0 Å². The van der Waals surface area contributed by atoms with Crippen LogP contribution in [-0.2, 0) is 11.3 Å². The van der Waals surface area contributed by atoms with E-state index >= 15 is 0 Å². The van der Waals surface area contributed by atoms with Gasteiger partial charge in [0, 0.05) is 25.4 Å². The molecule has 1 aromatic heterocycles. The van der Waals surface area contributed by atoms with Gasteiger partial charge in [-0.1, -0.05) is 0 Å². The SMILES string of the molecule is CC(C)N(C)C(=O)Cn1cc(C(=O)O)ccc1=O. The molecule has 18 heavy (non-hydrogen) atoms. The summed E-state index contributed by atoms with van der Waals surface area (Å²) in [5.74, 6) is -1.37. The van der Waals surface area contributed by atoms with Gasteiger partial charge < -0.3 is 14.6 Å². The van der Waals surface area contributed by atoms with Gasteiger partial charge in [0.1, 0.15) is 6.54 Å². The van der Waals surface area contributed by atoms with Gasteiger partial charge in [-0.25, -0.2) is 4.79 Å². The monoisotopic (exact) mass is 252 g/mol. The summed E-state index contributed by atoms with van der Waals surface area (Å²) in [6.45, 7) is 3.55. The lowest BCUT2D eigenvalue weighted by Gasteiger charge is -2.21. The number of carboxylic acid groups (broad SMARTS) is 1. The average molecular weight is 252 g/mol. The Kier molecular flexibility index (Phi) is 4.25. The third-order valence-corrected chi connectivity index (χ3v) is 2.70. The number of hydrogen-bond donors (Lipinski definition) is 1. The fourth-order valence-corrected chi connectivity index (χ4v) is 1.33. The predicted octanol–water partition coefficient (Wildman–Crippen LogP) is 0.413. The van der Waals surface area contributed by atoms with Crippen molar-refractivity contribution in [1.29, 1.82) is 0 Å². The van der Waals surface area contributed by atoms with E-state index in [0.717, 1.165) is 10.6 Å². The van der Waals surface area contributed by atoms with E-state index in [2.05, 4.69) is 0 Å². The van der Waals surface area contributed by atoms with Crippen molar-refractivity contribution in [3.05, 3.63) is 34.2 Å². The van der Waals surface area contributed by atoms with Crippen LogP contribution in [-0.4, -0.2) is 39.5 Å². The number of amides is 1. The van der Waals surface area contributed by atoms with Gasteiger partial charge in [-0.2, -0.15) is 0 Å². The van der Waals surface area contributed by atoms with E-state index in [1.54, 1.807) is 7.05 Å². The molecule has 0 aliphatic rings. The lowest BCUT2D eigenvalue weighted by atomic mass is 10.3. The van der Waals surface area contributed by atoms with Crippen LogP contribution < -0.4 is 5.56 Å². The number of rotatable bonds is 4. The lowest BCUT2D eigenvalue weighted by molar-refractivity contribution is -0.132. The fourth-order valence-electron chi connectivity index (χ4n) is 1.33. The number of aromatic carboxylic acids is 1. The van der Waals surface area contributed by atoms with Gasteiger partial charge in [0.25, 0.3) is 5.56 Å². The molecular weight excluding hydrogens is 236 g/mol. The molecule has 0 aromatic carbocycles. The lowest BCUT2D eigenvalue weighted by Crippen LogP contribution is -2.37. The topological polar surface area (TPSA) is 79.6 Å². The summed E-state index contributed by atoms with van der Waals surface area (Å²) in [5.41, 5.74) is -0.417. The van der Waals surface area contributed by atoms with Crippen molar-refractivity contribution in [2.75, 3.05) is 7.05 Å². The van der Waals surface area contributed by atoms with Crippen LogP contribution in [0.4, 0.5) is 0 Å². The molecule has 0 saturated carbocycles. The summed E-state index contributed by atoms with van der Waals surface area (Å²) in [6, 6.07) is 2.39. The average Bonchev–Trinajstić information content (AvgIpc) is 2.30. The molecule has 0 spiro atoms. The second-order valence-electron chi connectivity index (χ2n) is 4.29. The van der Waals surface area contributed by atoms with Crippen molar-refractivity contribution < 1.29 is 14.7 Å². The Morgan fingerprint density at radius 3 is 2.50 bits per heavy atom. The maximum absolute atomic E-state index is 11.8. The van der Waals surface area contributed by atoms with Gasteiger partial charge in [0.2, 0.25) is 5.91 Å². The zero-order valence-corrected chi connectivity index (χ0v) is 10.6. The molecular formula is C12H16N2O4. The van der Waals surface area contributed by atoms with Gasteiger partial charge in [-0.15, -0.1) is 0 Å². The van der Waals surface area contributed by atoms with E-state index in [9.17, 15) is 14.4 Å². The maximum atomic E-state index is 11.8. The second-order valence-corrected chi connectivity index (χ2v) is 4.29. The Hall–Kier alpha value is -2.11. The summed E-state index contributed by atoms with van der Waals surface area (Å²) in [6.07, 6.45) is 1.18. The number of carbonyl (C=O) groups is 2. The van der Waals surface area contributed by atoms with E-state index in [-0.39, 0.29) is 24.1 Å². The number of carboxylic acids is 1. The van der Waals surface area contributed by atoms with Crippen molar-refractivity contribution in [2.24, 2.45) is 0 Å². The summed E-state index contributed by atoms with van der Waals surface area (Å²) >= 11 is 0. The van der Waals surface area contributed by atoms with Crippen LogP contribution in [0, 0.1) is 0 Å². The molecule has 0 bridgehead atoms. The Morgan fingerprint density at radius 1 is 1.39 bits per heavy atom. The Labute approximate surface area is 104 Å². The van der Waals surface area contributed by atoms with E-state index in [4.69, 9.17) is 5.11 Å². The molecule has 0 fully saturated rings. The first-order chi connectivity index (χ1) is 8.32. The van der Waals surface area contributed by atoms with Crippen LogP contribution in [0.3, 0.4) is 0 Å². The Balaban J connectivity index is 2.97. The molecule has 0 unspecified atom stereocenters. The number of likely N-dealkylation sites (N-methyl/N-ethyl adjacent to an activating group) is 1. The molecule has 98 valence electrons. The highest BCUT2D eigenvalue weighted by Gasteiger charge is 2.14. The van der Waals surface area contributed by atoms with Crippen molar-refractivity contribution in [3.63, 3.8) is 0 Å². The fraction of sp³-hybridized carbons (Fsp3) is 0.417. The van der Waals surface area contributed by atoms with E-state index < -0.39 is 11.5 Å². The third kappa shape index (κ3) is 3.19. The highest BCUT2D eigenvalue weighted by atomic mass is 16.4. The molecule has 1 N–H and O–H groups in total. The summed E-state index contributed by atoms with van der Waals surface area (Å²) in [7, 11) is 1.64. The quantitative estimate of drug-likeness (QED) is 0.841. The summed E-state index contributed by atoms with van der Waals surface area (Å²) < 4.78 is 1.10. The Morgan fingerprint density at radius 2 is 2.00 bits per heavy atom. The van der Waals surface area contributed by atoms with Crippen LogP contribution >= 0.6 is 0 Å². The normalized spacial score (nSPS) is 10.4. The van der Waals surface area contributed by atoms with Crippen LogP contribution in [0.15, 0.2) is 23.1 Å². The van der Waals surface area contributed by atoms with Crippen LogP contribution in [0.1, 0.15) is 24.2 Å². The predicted molar refractivity (Wildman–Crippen MR) is 65.6 cm³/mol. The van der Waals surface area contributed by atoms with Crippen molar-refractivity contribution in [3.8, 4) is 0 Å². The molecule has 0 atom stereocenters. The smallest absolute Gasteiger partial charge is 0.337 e. The summed E-state index contributed by atoms with van der Waals surface area (Å²) in [4.78, 5) is 35.6. The Bertz CT molecular complexity index is 519. The first kappa shape index (κ1) is 14.0. The second kappa shape index (κ2) is 5.48. The molecule has 6 nitrogen and oxygen atoms in total. The molecule has 0 aliphatic carbocycles. The molecule has 1 amide bonds. The highest BCUT2D eigenvalue weighted by Crippen LogP contribution is 1.99. The first-order valence-electron chi connectivity index (χ1n) is 5.52. The van der Waals surface area contributed by atoms with Crippen LogP contribution in [0.2, 0.25) is 0 Å². The minimum Gasteiger partial charge on any atom is -0.478 e. The number of hydrogen-bond acceptors (Lipinski definition) is 3. The van der Waals surface area contributed by atoms with Crippen molar-refractivity contribution in [2.45, 2.75) is 26.4 Å². The van der Waals surface area contributed by atoms with E-state index in [1.807, 2.05) is 13.8 Å². The summed E-state index contributed by atoms with van der Waals surface area (Å²) in [5, 5.41) is 8.82. The molecule has 6 heteroatoms. The molecule has 0 saturated heterocycles. The van der Waals surface area contributed by atoms with Crippen LogP contribution in [0.5, 0.6) is 0 Å². The number of pyridine rings is 1. The molecule has 0 radical (unpaired) electrons. The number of carbonyl (C=O) groups excluding carboxylic acids is 1.